The van der Waals surface area contributed by atoms with Crippen molar-refractivity contribution in [2.45, 2.75) is 53.4 Å². The molecule has 0 aromatic heterocycles. The van der Waals surface area contributed by atoms with E-state index >= 15 is 0 Å². The van der Waals surface area contributed by atoms with Gasteiger partial charge in [0.05, 0.1) is 13.2 Å². The van der Waals surface area contributed by atoms with Crippen LogP contribution in [0.25, 0.3) is 10.9 Å². The predicted octanol–water partition coefficient (Wildman–Crippen LogP) is 5.07. The van der Waals surface area contributed by atoms with Gasteiger partial charge in [-0.2, -0.15) is 0 Å². The van der Waals surface area contributed by atoms with Gasteiger partial charge in [0.25, 0.3) is 5.70 Å². The Balaban J connectivity index is 3.41. The maximum Gasteiger partial charge on any atom is 0.336 e. The van der Waals surface area contributed by atoms with E-state index in [1.54, 1.807) is 13.0 Å². The Bertz CT molecular complexity index is 590. The van der Waals surface area contributed by atoms with Crippen LogP contribution in [0.4, 0.5) is 0 Å². The van der Waals surface area contributed by atoms with Gasteiger partial charge in [-0.25, -0.2) is 4.85 Å². The largest absolute Gasteiger partial charge is 0.471 e. The van der Waals surface area contributed by atoms with Crippen molar-refractivity contribution in [3.63, 3.8) is 0 Å². The summed E-state index contributed by atoms with van der Waals surface area (Å²) in [5.74, 6) is 0.227. The minimum absolute atomic E-state index is 0.0233. The summed E-state index contributed by atoms with van der Waals surface area (Å²) in [5, 5.41) is 0. The fourth-order valence-electron chi connectivity index (χ4n) is 2.57. The van der Waals surface area contributed by atoms with E-state index < -0.39 is 5.97 Å². The van der Waals surface area contributed by atoms with E-state index in [1.165, 1.54) is 16.7 Å². The van der Waals surface area contributed by atoms with E-state index in [4.69, 9.17) is 11.3 Å². The van der Waals surface area contributed by atoms with Crippen molar-refractivity contribution >= 4 is 12.0 Å². The summed E-state index contributed by atoms with van der Waals surface area (Å²) < 4.78 is 4.93. The van der Waals surface area contributed by atoms with Crippen LogP contribution in [-0.2, 0) is 9.53 Å². The average molecular weight is 299 g/mol. The van der Waals surface area contributed by atoms with Crippen LogP contribution in [0, 0.1) is 13.5 Å². The average Bonchev–Trinajstić information content (AvgIpc) is 2.45. The summed E-state index contributed by atoms with van der Waals surface area (Å²) in [4.78, 5) is 15.1. The third-order valence-electron chi connectivity index (χ3n) is 3.66. The highest BCUT2D eigenvalue weighted by atomic mass is 16.5. The highest BCUT2D eigenvalue weighted by Crippen LogP contribution is 2.29. The van der Waals surface area contributed by atoms with E-state index in [2.05, 4.69) is 51.6 Å². The molecule has 0 fully saturated rings. The zero-order chi connectivity index (χ0) is 16.9. The molecule has 1 aromatic rings. The molecule has 0 radical (unpaired) electrons. The van der Waals surface area contributed by atoms with Gasteiger partial charge in [0, 0.05) is 0 Å². The van der Waals surface area contributed by atoms with E-state index in [1.807, 2.05) is 0 Å². The van der Waals surface area contributed by atoms with Crippen molar-refractivity contribution in [3.05, 3.63) is 51.5 Å². The molecule has 0 aliphatic rings. The fraction of sp³-hybridized carbons (Fsp3) is 0.474. The second-order valence-electron chi connectivity index (χ2n) is 6.00. The molecule has 1 aromatic carbocycles. The molecule has 0 aliphatic heterocycles. The normalized spacial score (nSPS) is 11.7. The number of carbonyl (C=O) groups excluding carboxylic acids is 1. The third kappa shape index (κ3) is 4.21. The first-order chi connectivity index (χ1) is 10.3. The molecule has 0 unspecified atom stereocenters. The number of esters is 1. The van der Waals surface area contributed by atoms with Gasteiger partial charge in [0.1, 0.15) is 0 Å². The molecule has 0 saturated heterocycles. The standard InChI is InChI=1S/C19H25NO2/c1-8-22-19(21)18(20-7)11-15-9-16(12(2)3)14(6)17(10-15)13(4)5/h9-13H,8H2,1-6H3. The number of ether oxygens (including phenoxy) is 1. The quantitative estimate of drug-likeness (QED) is 0.432. The highest BCUT2D eigenvalue weighted by molar-refractivity contribution is 5.95. The van der Waals surface area contributed by atoms with Crippen molar-refractivity contribution in [1.29, 1.82) is 0 Å². The van der Waals surface area contributed by atoms with Gasteiger partial charge in [-0.3, -0.25) is 4.79 Å². The van der Waals surface area contributed by atoms with E-state index in [0.717, 1.165) is 5.56 Å². The Kier molecular flexibility index (Phi) is 6.37. The zero-order valence-electron chi connectivity index (χ0n) is 14.4. The lowest BCUT2D eigenvalue weighted by Crippen LogP contribution is -2.05. The molecule has 0 atom stereocenters. The van der Waals surface area contributed by atoms with Gasteiger partial charge in [-0.15, -0.1) is 0 Å². The van der Waals surface area contributed by atoms with Crippen LogP contribution in [0.2, 0.25) is 0 Å². The first-order valence-electron chi connectivity index (χ1n) is 7.72. The van der Waals surface area contributed by atoms with Crippen LogP contribution in [0.3, 0.4) is 0 Å². The third-order valence-corrected chi connectivity index (χ3v) is 3.66. The topological polar surface area (TPSA) is 30.7 Å². The van der Waals surface area contributed by atoms with Crippen molar-refractivity contribution in [2.24, 2.45) is 0 Å². The molecule has 0 bridgehead atoms. The summed E-state index contributed by atoms with van der Waals surface area (Å²) in [6.45, 7) is 20.0. The molecular formula is C19H25NO2. The molecule has 3 heteroatoms. The van der Waals surface area contributed by atoms with Crippen LogP contribution in [0.15, 0.2) is 17.8 Å². The smallest absolute Gasteiger partial charge is 0.336 e. The van der Waals surface area contributed by atoms with Crippen LogP contribution in [0.1, 0.15) is 68.7 Å². The summed E-state index contributed by atoms with van der Waals surface area (Å²) in [5.41, 5.74) is 4.71. The second-order valence-corrected chi connectivity index (χ2v) is 6.00. The number of hydrogen-bond donors (Lipinski definition) is 0. The number of hydrogen-bond acceptors (Lipinski definition) is 2. The molecular weight excluding hydrogens is 274 g/mol. The van der Waals surface area contributed by atoms with Gasteiger partial charge in [-0.05, 0) is 54.0 Å². The Labute approximate surface area is 133 Å². The van der Waals surface area contributed by atoms with E-state index in [0.29, 0.717) is 11.8 Å². The first kappa shape index (κ1) is 18.0. The van der Waals surface area contributed by atoms with Gasteiger partial charge < -0.3 is 4.74 Å². The Morgan fingerprint density at radius 2 is 1.73 bits per heavy atom. The number of benzene rings is 1. The molecule has 0 spiro atoms. The lowest BCUT2D eigenvalue weighted by atomic mass is 9.87. The van der Waals surface area contributed by atoms with E-state index in [9.17, 15) is 4.79 Å². The molecule has 0 saturated carbocycles. The van der Waals surface area contributed by atoms with Crippen LogP contribution >= 0.6 is 0 Å². The summed E-state index contributed by atoms with van der Waals surface area (Å²) in [7, 11) is 0. The molecule has 3 nitrogen and oxygen atoms in total. The summed E-state index contributed by atoms with van der Waals surface area (Å²) in [6, 6.07) is 4.13. The highest BCUT2D eigenvalue weighted by Gasteiger charge is 2.14. The van der Waals surface area contributed by atoms with Crippen molar-refractivity contribution < 1.29 is 9.53 Å². The number of nitrogens with zero attached hydrogens (tertiary/aromatic N) is 1. The van der Waals surface area contributed by atoms with Gasteiger partial charge in [0.2, 0.25) is 0 Å². The van der Waals surface area contributed by atoms with Gasteiger partial charge >= 0.3 is 5.97 Å². The minimum Gasteiger partial charge on any atom is -0.471 e. The van der Waals surface area contributed by atoms with E-state index in [-0.39, 0.29) is 12.3 Å². The lowest BCUT2D eigenvalue weighted by Gasteiger charge is -2.18. The SMILES string of the molecule is [C-]#[N+]C(=Cc1cc(C(C)C)c(C)c(C(C)C)c1)C(=O)OCC. The molecule has 0 amide bonds. The predicted molar refractivity (Wildman–Crippen MR) is 90.6 cm³/mol. The zero-order valence-corrected chi connectivity index (χ0v) is 14.4. The monoisotopic (exact) mass is 299 g/mol. The van der Waals surface area contributed by atoms with Crippen molar-refractivity contribution in [3.8, 4) is 0 Å². The van der Waals surface area contributed by atoms with Crippen LogP contribution in [0.5, 0.6) is 0 Å². The Hall–Kier alpha value is -2.08. The van der Waals surface area contributed by atoms with Crippen LogP contribution < -0.4 is 0 Å². The van der Waals surface area contributed by atoms with Gasteiger partial charge in [-0.1, -0.05) is 39.8 Å². The molecule has 0 aliphatic carbocycles. The Morgan fingerprint density at radius 1 is 1.23 bits per heavy atom. The molecule has 0 N–H and O–H groups in total. The number of carbonyl (C=O) groups is 1. The molecule has 22 heavy (non-hydrogen) atoms. The molecule has 118 valence electrons. The fourth-order valence-corrected chi connectivity index (χ4v) is 2.57. The lowest BCUT2D eigenvalue weighted by molar-refractivity contribution is -0.138. The molecule has 1 rings (SSSR count). The van der Waals surface area contributed by atoms with Crippen LogP contribution in [-0.4, -0.2) is 12.6 Å². The first-order valence-corrected chi connectivity index (χ1v) is 7.72. The summed E-state index contributed by atoms with van der Waals surface area (Å²) in [6.07, 6.45) is 1.63. The second kappa shape index (κ2) is 7.79. The van der Waals surface area contributed by atoms with Gasteiger partial charge in [0.15, 0.2) is 0 Å². The number of rotatable bonds is 5. The maximum absolute atomic E-state index is 11.8. The minimum atomic E-state index is -0.560. The summed E-state index contributed by atoms with van der Waals surface area (Å²) >= 11 is 0. The van der Waals surface area contributed by atoms with Crippen molar-refractivity contribution in [2.75, 3.05) is 6.61 Å². The van der Waals surface area contributed by atoms with Crippen molar-refractivity contribution in [1.82, 2.24) is 0 Å². The Morgan fingerprint density at radius 3 is 2.09 bits per heavy atom. The molecule has 0 heterocycles. The maximum atomic E-state index is 11.8.